The average Bonchev–Trinajstić information content (AvgIpc) is 3.01. The molecule has 0 radical (unpaired) electrons. The summed E-state index contributed by atoms with van der Waals surface area (Å²) in [5.74, 6) is 0.217. The first-order valence-electron chi connectivity index (χ1n) is 9.37. The minimum Gasteiger partial charge on any atom is -0.342 e. The first-order chi connectivity index (χ1) is 12.7. The van der Waals surface area contributed by atoms with Crippen LogP contribution in [0.25, 0.3) is 5.52 Å². The largest absolute Gasteiger partial charge is 0.342 e. The maximum absolute atomic E-state index is 12.3. The minimum absolute atomic E-state index is 0.217. The van der Waals surface area contributed by atoms with E-state index >= 15 is 0 Å². The van der Waals surface area contributed by atoms with Crippen molar-refractivity contribution in [3.8, 4) is 6.07 Å². The number of rotatable bonds is 6. The third kappa shape index (κ3) is 3.90. The van der Waals surface area contributed by atoms with Gasteiger partial charge in [0.2, 0.25) is 5.91 Å². The van der Waals surface area contributed by atoms with Crippen molar-refractivity contribution in [2.24, 2.45) is 0 Å². The Morgan fingerprint density at radius 3 is 2.50 bits per heavy atom. The quantitative estimate of drug-likeness (QED) is 0.795. The number of nitriles is 1. The van der Waals surface area contributed by atoms with Gasteiger partial charge in [-0.2, -0.15) is 5.26 Å². The summed E-state index contributed by atoms with van der Waals surface area (Å²) in [4.78, 5) is 18.8. The van der Waals surface area contributed by atoms with Crippen LogP contribution in [-0.4, -0.2) is 70.8 Å². The second-order valence-electron chi connectivity index (χ2n) is 6.75. The van der Waals surface area contributed by atoms with E-state index in [1.807, 2.05) is 47.5 Å². The van der Waals surface area contributed by atoms with Gasteiger partial charge in [0.1, 0.15) is 6.07 Å². The molecule has 6 heteroatoms. The van der Waals surface area contributed by atoms with Gasteiger partial charge in [-0.1, -0.05) is 6.07 Å². The van der Waals surface area contributed by atoms with Crippen LogP contribution in [0.3, 0.4) is 0 Å². The van der Waals surface area contributed by atoms with E-state index in [4.69, 9.17) is 0 Å². The Kier molecular flexibility index (Phi) is 5.92. The molecule has 1 amide bonds. The highest BCUT2D eigenvalue weighted by atomic mass is 16.2. The Balaban J connectivity index is 1.58. The molecular weight excluding hydrogens is 326 g/mol. The van der Waals surface area contributed by atoms with Gasteiger partial charge in [-0.05, 0) is 26.0 Å². The molecule has 0 unspecified atom stereocenters. The highest BCUT2D eigenvalue weighted by Gasteiger charge is 2.22. The van der Waals surface area contributed by atoms with Crippen LogP contribution >= 0.6 is 0 Å². The van der Waals surface area contributed by atoms with Crippen LogP contribution in [0.1, 0.15) is 25.0 Å². The summed E-state index contributed by atoms with van der Waals surface area (Å²) in [5, 5.41) is 9.54. The van der Waals surface area contributed by atoms with E-state index < -0.39 is 0 Å². The number of nitrogens with zero attached hydrogens (tertiary/aromatic N) is 5. The van der Waals surface area contributed by atoms with Gasteiger partial charge in [-0.3, -0.25) is 14.6 Å². The molecular formula is C20H27N5O. The summed E-state index contributed by atoms with van der Waals surface area (Å²) in [6.45, 7) is 10.5. The van der Waals surface area contributed by atoms with Crippen molar-refractivity contribution in [1.82, 2.24) is 19.1 Å². The fourth-order valence-corrected chi connectivity index (χ4v) is 3.64. The molecule has 6 nitrogen and oxygen atoms in total. The summed E-state index contributed by atoms with van der Waals surface area (Å²) in [6, 6.07) is 8.28. The molecule has 1 fully saturated rings. The van der Waals surface area contributed by atoms with Gasteiger partial charge >= 0.3 is 0 Å². The first kappa shape index (κ1) is 18.4. The van der Waals surface area contributed by atoms with Gasteiger partial charge in [-0.25, -0.2) is 0 Å². The lowest BCUT2D eigenvalue weighted by Crippen LogP contribution is -2.49. The topological polar surface area (TPSA) is 55.0 Å². The number of aromatic nitrogens is 1. The lowest BCUT2D eigenvalue weighted by Gasteiger charge is -2.35. The lowest BCUT2D eigenvalue weighted by atomic mass is 10.1. The maximum atomic E-state index is 12.3. The van der Waals surface area contributed by atoms with Gasteiger partial charge < -0.3 is 9.30 Å². The third-order valence-electron chi connectivity index (χ3n) is 5.21. The van der Waals surface area contributed by atoms with Gasteiger partial charge in [0.25, 0.3) is 0 Å². The summed E-state index contributed by atoms with van der Waals surface area (Å²) >= 11 is 0. The van der Waals surface area contributed by atoms with Crippen LogP contribution in [0.2, 0.25) is 0 Å². The van der Waals surface area contributed by atoms with Gasteiger partial charge in [0.05, 0.1) is 17.6 Å². The number of piperazine rings is 1. The van der Waals surface area contributed by atoms with E-state index in [-0.39, 0.29) is 5.91 Å². The van der Waals surface area contributed by atoms with E-state index in [9.17, 15) is 10.1 Å². The van der Waals surface area contributed by atoms with E-state index in [1.54, 1.807) is 0 Å². The van der Waals surface area contributed by atoms with Crippen molar-refractivity contribution in [1.29, 1.82) is 5.26 Å². The van der Waals surface area contributed by atoms with Crippen molar-refractivity contribution < 1.29 is 4.79 Å². The molecule has 26 heavy (non-hydrogen) atoms. The molecule has 2 aromatic rings. The van der Waals surface area contributed by atoms with E-state index in [0.717, 1.165) is 62.5 Å². The molecule has 0 spiro atoms. The molecule has 0 saturated carbocycles. The molecule has 1 aliphatic heterocycles. The van der Waals surface area contributed by atoms with Gasteiger partial charge in [0, 0.05) is 63.8 Å². The number of pyridine rings is 1. The van der Waals surface area contributed by atoms with Crippen LogP contribution < -0.4 is 0 Å². The van der Waals surface area contributed by atoms with Crippen LogP contribution in [0.15, 0.2) is 30.6 Å². The first-order valence-corrected chi connectivity index (χ1v) is 9.37. The van der Waals surface area contributed by atoms with Crippen molar-refractivity contribution in [3.63, 3.8) is 0 Å². The number of hydrogen-bond donors (Lipinski definition) is 0. The van der Waals surface area contributed by atoms with Crippen LogP contribution in [0.5, 0.6) is 0 Å². The zero-order chi connectivity index (χ0) is 18.5. The SMILES string of the molecule is CCN(CC)C(=O)CN1CCN(Cc2cn3ccccc3c2C#N)CC1. The molecule has 0 bridgehead atoms. The molecule has 0 aromatic carbocycles. The third-order valence-corrected chi connectivity index (χ3v) is 5.21. The highest BCUT2D eigenvalue weighted by Crippen LogP contribution is 2.20. The Morgan fingerprint density at radius 1 is 1.15 bits per heavy atom. The molecule has 3 rings (SSSR count). The van der Waals surface area contributed by atoms with E-state index in [0.29, 0.717) is 6.54 Å². The number of amides is 1. The lowest BCUT2D eigenvalue weighted by molar-refractivity contribution is -0.132. The average molecular weight is 353 g/mol. The fraction of sp³-hybridized carbons (Fsp3) is 0.500. The zero-order valence-electron chi connectivity index (χ0n) is 15.7. The van der Waals surface area contributed by atoms with E-state index in [2.05, 4.69) is 22.1 Å². The molecule has 0 N–H and O–H groups in total. The Hall–Kier alpha value is -2.36. The summed E-state index contributed by atoms with van der Waals surface area (Å²) in [7, 11) is 0. The number of likely N-dealkylation sites (N-methyl/N-ethyl adjacent to an activating group) is 1. The zero-order valence-corrected chi connectivity index (χ0v) is 15.7. The number of hydrogen-bond acceptors (Lipinski definition) is 4. The monoisotopic (exact) mass is 353 g/mol. The molecule has 3 heterocycles. The minimum atomic E-state index is 0.217. The van der Waals surface area contributed by atoms with Crippen LogP contribution in [0.4, 0.5) is 0 Å². The number of fused-ring (bicyclic) bond motifs is 1. The van der Waals surface area contributed by atoms with Crippen LogP contribution in [-0.2, 0) is 11.3 Å². The van der Waals surface area contributed by atoms with Crippen molar-refractivity contribution >= 4 is 11.4 Å². The summed E-state index contributed by atoms with van der Waals surface area (Å²) < 4.78 is 2.02. The number of carbonyl (C=O) groups is 1. The molecule has 138 valence electrons. The molecule has 0 aliphatic carbocycles. The normalized spacial score (nSPS) is 15.9. The molecule has 2 aromatic heterocycles. The second-order valence-corrected chi connectivity index (χ2v) is 6.75. The number of carbonyl (C=O) groups excluding carboxylic acids is 1. The Labute approximate surface area is 155 Å². The molecule has 1 aliphatic rings. The summed E-state index contributed by atoms with van der Waals surface area (Å²) in [6.07, 6.45) is 4.04. The molecule has 0 atom stereocenters. The summed E-state index contributed by atoms with van der Waals surface area (Å²) in [5.41, 5.74) is 2.81. The van der Waals surface area contributed by atoms with E-state index in [1.165, 1.54) is 0 Å². The predicted molar refractivity (Wildman–Crippen MR) is 102 cm³/mol. The Morgan fingerprint density at radius 2 is 1.85 bits per heavy atom. The van der Waals surface area contributed by atoms with Crippen molar-refractivity contribution in [2.75, 3.05) is 45.8 Å². The second kappa shape index (κ2) is 8.35. The van der Waals surface area contributed by atoms with Crippen molar-refractivity contribution in [3.05, 3.63) is 41.7 Å². The predicted octanol–water partition coefficient (Wildman–Crippen LogP) is 1.80. The smallest absolute Gasteiger partial charge is 0.236 e. The standard InChI is InChI=1S/C20H27N5O/c1-3-24(4-2)20(26)16-23-11-9-22(10-12-23)14-17-15-25-8-6-5-7-19(25)18(17)13-21/h5-8,15H,3-4,9-12,14,16H2,1-2H3. The Bertz CT molecular complexity index is 794. The van der Waals surface area contributed by atoms with Crippen molar-refractivity contribution in [2.45, 2.75) is 20.4 Å². The maximum Gasteiger partial charge on any atom is 0.236 e. The molecule has 1 saturated heterocycles. The fourth-order valence-electron chi connectivity index (χ4n) is 3.64. The van der Waals surface area contributed by atoms with Gasteiger partial charge in [0.15, 0.2) is 0 Å². The van der Waals surface area contributed by atoms with Crippen LogP contribution in [0, 0.1) is 11.3 Å². The van der Waals surface area contributed by atoms with Gasteiger partial charge in [-0.15, -0.1) is 0 Å². The highest BCUT2D eigenvalue weighted by molar-refractivity contribution is 5.78.